The lowest BCUT2D eigenvalue weighted by atomic mass is 9.78. The highest BCUT2D eigenvalue weighted by Crippen LogP contribution is 2.45. The minimum atomic E-state index is -0.458. The molecule has 0 radical (unpaired) electrons. The molecular formula is C20H23N3O5. The van der Waals surface area contributed by atoms with E-state index in [4.69, 9.17) is 9.47 Å². The van der Waals surface area contributed by atoms with Gasteiger partial charge in [-0.25, -0.2) is 14.5 Å². The highest BCUT2D eigenvalue weighted by molar-refractivity contribution is 6.22. The van der Waals surface area contributed by atoms with Crippen molar-refractivity contribution in [3.05, 3.63) is 18.2 Å². The lowest BCUT2D eigenvalue weighted by Gasteiger charge is -2.27. The molecule has 3 heterocycles. The third-order valence-electron chi connectivity index (χ3n) is 6.52. The van der Waals surface area contributed by atoms with Crippen LogP contribution in [0, 0.1) is 11.8 Å². The summed E-state index contributed by atoms with van der Waals surface area (Å²) >= 11 is 0. The number of rotatable bonds is 3. The number of carbonyl (C=O) groups excluding carboxylic acids is 3. The first kappa shape index (κ1) is 17.3. The number of urea groups is 1. The van der Waals surface area contributed by atoms with Crippen LogP contribution in [-0.4, -0.2) is 55.8 Å². The van der Waals surface area contributed by atoms with Gasteiger partial charge in [-0.3, -0.25) is 9.69 Å². The molecule has 8 nitrogen and oxygen atoms in total. The third-order valence-corrected chi connectivity index (χ3v) is 6.52. The average molecular weight is 385 g/mol. The molecule has 8 heteroatoms. The van der Waals surface area contributed by atoms with E-state index in [1.807, 2.05) is 0 Å². The summed E-state index contributed by atoms with van der Waals surface area (Å²) in [6.07, 6.45) is 3.95. The molecule has 1 saturated carbocycles. The Hall–Kier alpha value is -2.77. The Bertz CT molecular complexity index is 856. The number of ether oxygens (including phenoxy) is 2. The molecule has 5 rings (SSSR count). The summed E-state index contributed by atoms with van der Waals surface area (Å²) in [7, 11) is 1.52. The Morgan fingerprint density at radius 1 is 1.14 bits per heavy atom. The van der Waals surface area contributed by atoms with E-state index in [-0.39, 0.29) is 23.9 Å². The zero-order chi connectivity index (χ0) is 19.4. The predicted molar refractivity (Wildman–Crippen MR) is 101 cm³/mol. The van der Waals surface area contributed by atoms with Crippen molar-refractivity contribution in [3.63, 3.8) is 0 Å². The summed E-state index contributed by atoms with van der Waals surface area (Å²) in [4.78, 5) is 42.8. The van der Waals surface area contributed by atoms with Gasteiger partial charge in [0.05, 0.1) is 25.0 Å². The highest BCUT2D eigenvalue weighted by Gasteiger charge is 2.56. The van der Waals surface area contributed by atoms with E-state index in [1.54, 1.807) is 23.1 Å². The lowest BCUT2D eigenvalue weighted by Crippen LogP contribution is -2.37. The van der Waals surface area contributed by atoms with Crippen molar-refractivity contribution in [2.75, 3.05) is 36.6 Å². The van der Waals surface area contributed by atoms with Gasteiger partial charge < -0.3 is 14.4 Å². The lowest BCUT2D eigenvalue weighted by molar-refractivity contribution is -0.120. The van der Waals surface area contributed by atoms with Gasteiger partial charge in [0.25, 0.3) is 5.91 Å². The summed E-state index contributed by atoms with van der Waals surface area (Å²) in [5.74, 6) is 1.05. The second-order valence-electron chi connectivity index (χ2n) is 7.88. The first-order chi connectivity index (χ1) is 13.6. The Labute approximate surface area is 163 Å². The number of cyclic esters (lactones) is 1. The van der Waals surface area contributed by atoms with E-state index in [2.05, 4.69) is 0 Å². The second kappa shape index (κ2) is 6.39. The molecule has 4 fully saturated rings. The van der Waals surface area contributed by atoms with Crippen molar-refractivity contribution in [3.8, 4) is 5.75 Å². The van der Waals surface area contributed by atoms with Gasteiger partial charge in [0.1, 0.15) is 18.4 Å². The topological polar surface area (TPSA) is 79.4 Å². The van der Waals surface area contributed by atoms with Crippen molar-refractivity contribution in [1.82, 2.24) is 4.90 Å². The van der Waals surface area contributed by atoms with Gasteiger partial charge in [0, 0.05) is 6.54 Å². The summed E-state index contributed by atoms with van der Waals surface area (Å²) in [5, 5.41) is 0. The SMILES string of the molecule is COc1ccc(N2C(=O)[C@@H]3[C@H]4CCCC[C@H]4CN3C2=O)cc1N1CCOC1=O. The fourth-order valence-electron chi connectivity index (χ4n) is 5.22. The van der Waals surface area contributed by atoms with Crippen LogP contribution in [-0.2, 0) is 9.53 Å². The smallest absolute Gasteiger partial charge is 0.414 e. The highest BCUT2D eigenvalue weighted by atomic mass is 16.6. The minimum absolute atomic E-state index is 0.153. The van der Waals surface area contributed by atoms with Gasteiger partial charge in [-0.15, -0.1) is 0 Å². The Balaban J connectivity index is 1.49. The van der Waals surface area contributed by atoms with Crippen molar-refractivity contribution in [2.24, 2.45) is 11.8 Å². The normalized spacial score (nSPS) is 29.2. The van der Waals surface area contributed by atoms with Crippen molar-refractivity contribution in [2.45, 2.75) is 31.7 Å². The van der Waals surface area contributed by atoms with E-state index in [0.29, 0.717) is 42.7 Å². The van der Waals surface area contributed by atoms with Crippen LogP contribution in [0.3, 0.4) is 0 Å². The van der Waals surface area contributed by atoms with Crippen molar-refractivity contribution in [1.29, 1.82) is 0 Å². The first-order valence-electron chi connectivity index (χ1n) is 9.87. The molecule has 1 aromatic rings. The number of imide groups is 1. The maximum Gasteiger partial charge on any atom is 0.414 e. The standard InChI is InChI=1S/C20H23N3O5/c1-27-16-7-6-13(10-15(16)21-8-9-28-20(21)26)23-18(24)17-14-5-3-2-4-12(14)11-22(17)19(23)25/h6-7,10,12,14,17H,2-5,8-9,11H2,1H3/t12-,14-,17-/m0/s1. The van der Waals surface area contributed by atoms with Gasteiger partial charge in [0.15, 0.2) is 0 Å². The molecule has 1 aromatic carbocycles. The Morgan fingerprint density at radius 2 is 1.96 bits per heavy atom. The Morgan fingerprint density at radius 3 is 2.71 bits per heavy atom. The van der Waals surface area contributed by atoms with Crippen LogP contribution in [0.25, 0.3) is 0 Å². The number of fused-ring (bicyclic) bond motifs is 3. The van der Waals surface area contributed by atoms with E-state index in [0.717, 1.165) is 19.3 Å². The molecule has 3 atom stereocenters. The van der Waals surface area contributed by atoms with Crippen molar-refractivity contribution >= 4 is 29.4 Å². The zero-order valence-electron chi connectivity index (χ0n) is 15.8. The van der Waals surface area contributed by atoms with E-state index in [1.165, 1.54) is 23.3 Å². The molecule has 0 spiro atoms. The maximum atomic E-state index is 13.2. The van der Waals surface area contributed by atoms with Gasteiger partial charge >= 0.3 is 12.1 Å². The fraction of sp³-hybridized carbons (Fsp3) is 0.550. The van der Waals surface area contributed by atoms with Crippen LogP contribution in [0.2, 0.25) is 0 Å². The van der Waals surface area contributed by atoms with E-state index >= 15 is 0 Å². The van der Waals surface area contributed by atoms with Crippen LogP contribution in [0.15, 0.2) is 18.2 Å². The van der Waals surface area contributed by atoms with Gasteiger partial charge in [-0.2, -0.15) is 0 Å². The zero-order valence-corrected chi connectivity index (χ0v) is 15.8. The molecule has 3 aliphatic heterocycles. The third kappa shape index (κ3) is 2.40. The first-order valence-corrected chi connectivity index (χ1v) is 9.87. The molecule has 1 aliphatic carbocycles. The number of amides is 4. The molecule has 4 amide bonds. The molecular weight excluding hydrogens is 362 g/mol. The molecule has 28 heavy (non-hydrogen) atoms. The monoisotopic (exact) mass is 385 g/mol. The number of carbonyl (C=O) groups is 3. The van der Waals surface area contributed by atoms with Gasteiger partial charge in [-0.05, 0) is 42.9 Å². The summed E-state index contributed by atoms with van der Waals surface area (Å²) in [6, 6.07) is 4.44. The summed E-state index contributed by atoms with van der Waals surface area (Å²) in [5.41, 5.74) is 0.970. The Kier molecular flexibility index (Phi) is 3.96. The molecule has 0 aromatic heterocycles. The summed E-state index contributed by atoms with van der Waals surface area (Å²) in [6.45, 7) is 1.36. The largest absolute Gasteiger partial charge is 0.495 e. The molecule has 0 unspecified atom stereocenters. The van der Waals surface area contributed by atoms with Crippen LogP contribution in [0.5, 0.6) is 5.75 Å². The molecule has 0 bridgehead atoms. The second-order valence-corrected chi connectivity index (χ2v) is 7.88. The molecule has 0 N–H and O–H groups in total. The van der Waals surface area contributed by atoms with Gasteiger partial charge in [-0.1, -0.05) is 12.8 Å². The molecule has 3 saturated heterocycles. The number of methoxy groups -OCH3 is 1. The fourth-order valence-corrected chi connectivity index (χ4v) is 5.22. The van der Waals surface area contributed by atoms with Crippen LogP contribution >= 0.6 is 0 Å². The number of benzene rings is 1. The number of nitrogens with zero attached hydrogens (tertiary/aromatic N) is 3. The van der Waals surface area contributed by atoms with Crippen molar-refractivity contribution < 1.29 is 23.9 Å². The van der Waals surface area contributed by atoms with E-state index < -0.39 is 6.09 Å². The van der Waals surface area contributed by atoms with E-state index in [9.17, 15) is 14.4 Å². The molecule has 148 valence electrons. The van der Waals surface area contributed by atoms with Crippen LogP contribution in [0.1, 0.15) is 25.7 Å². The number of hydrogen-bond acceptors (Lipinski definition) is 5. The number of anilines is 2. The molecule has 4 aliphatic rings. The summed E-state index contributed by atoms with van der Waals surface area (Å²) < 4.78 is 10.4. The quantitative estimate of drug-likeness (QED) is 0.748. The van der Waals surface area contributed by atoms with Crippen LogP contribution < -0.4 is 14.5 Å². The minimum Gasteiger partial charge on any atom is -0.495 e. The average Bonchev–Trinajstić information content (AvgIpc) is 3.36. The predicted octanol–water partition coefficient (Wildman–Crippen LogP) is 2.61. The van der Waals surface area contributed by atoms with Gasteiger partial charge in [0.2, 0.25) is 0 Å². The number of hydrogen-bond donors (Lipinski definition) is 0. The van der Waals surface area contributed by atoms with Crippen LogP contribution in [0.4, 0.5) is 21.0 Å². The maximum absolute atomic E-state index is 13.2.